The van der Waals surface area contributed by atoms with Crippen molar-refractivity contribution in [1.82, 2.24) is 9.97 Å². The maximum Gasteiger partial charge on any atom is 0.231 e. The van der Waals surface area contributed by atoms with Gasteiger partial charge in [0, 0.05) is 23.3 Å². The number of benzene rings is 1. The minimum Gasteiger partial charge on any atom is -0.453 e. The molecule has 1 aliphatic heterocycles. The van der Waals surface area contributed by atoms with E-state index in [1.165, 1.54) is 0 Å². The van der Waals surface area contributed by atoms with Crippen LogP contribution < -0.4 is 4.74 Å². The summed E-state index contributed by atoms with van der Waals surface area (Å²) in [6, 6.07) is 9.41. The van der Waals surface area contributed by atoms with E-state index in [1.54, 1.807) is 12.3 Å². The molecule has 0 spiro atoms. The molecule has 4 rings (SSSR count). The van der Waals surface area contributed by atoms with Gasteiger partial charge in [-0.25, -0.2) is 4.98 Å². The molecule has 4 nitrogen and oxygen atoms in total. The molecule has 2 aromatic heterocycles. The lowest BCUT2D eigenvalue weighted by molar-refractivity contribution is 0.101. The highest BCUT2D eigenvalue weighted by atomic mass is 16.5. The van der Waals surface area contributed by atoms with Gasteiger partial charge in [-0.2, -0.15) is 0 Å². The Labute approximate surface area is 114 Å². The molecule has 0 bridgehead atoms. The van der Waals surface area contributed by atoms with Crippen molar-refractivity contribution in [1.29, 1.82) is 0 Å². The van der Waals surface area contributed by atoms with Crippen LogP contribution in [0.25, 0.3) is 22.2 Å². The van der Waals surface area contributed by atoms with Crippen molar-refractivity contribution in [3.05, 3.63) is 60.6 Å². The third kappa shape index (κ3) is 1.36. The number of nitrogens with zero attached hydrogens (tertiary/aromatic N) is 1. The third-order valence-electron chi connectivity index (χ3n) is 3.48. The molecule has 0 fully saturated rings. The number of ketones is 1. The number of rotatable bonds is 1. The van der Waals surface area contributed by atoms with E-state index >= 15 is 0 Å². The highest BCUT2D eigenvalue weighted by Gasteiger charge is 2.29. The molecule has 0 saturated carbocycles. The Hall–Kier alpha value is -2.88. The molecule has 0 unspecified atom stereocenters. The second kappa shape index (κ2) is 3.81. The Balaban J connectivity index is 2.04. The van der Waals surface area contributed by atoms with Gasteiger partial charge in [0.2, 0.25) is 5.78 Å². The van der Waals surface area contributed by atoms with Crippen molar-refractivity contribution in [2.24, 2.45) is 0 Å². The van der Waals surface area contributed by atoms with Gasteiger partial charge in [-0.05, 0) is 23.8 Å². The molecule has 1 N–H and O–H groups in total. The predicted molar refractivity (Wildman–Crippen MR) is 75.6 cm³/mol. The van der Waals surface area contributed by atoms with Gasteiger partial charge in [-0.15, -0.1) is 0 Å². The van der Waals surface area contributed by atoms with Crippen molar-refractivity contribution in [3.63, 3.8) is 0 Å². The summed E-state index contributed by atoms with van der Waals surface area (Å²) in [7, 11) is 0. The first-order valence-electron chi connectivity index (χ1n) is 6.22. The van der Waals surface area contributed by atoms with Gasteiger partial charge in [-0.1, -0.05) is 18.7 Å². The van der Waals surface area contributed by atoms with Crippen LogP contribution in [0.1, 0.15) is 10.4 Å². The lowest BCUT2D eigenvalue weighted by atomic mass is 9.97. The first-order valence-corrected chi connectivity index (χ1v) is 6.22. The number of hydrogen-bond donors (Lipinski definition) is 1. The summed E-state index contributed by atoms with van der Waals surface area (Å²) in [4.78, 5) is 19.6. The van der Waals surface area contributed by atoms with Gasteiger partial charge >= 0.3 is 0 Å². The topological polar surface area (TPSA) is 55.0 Å². The molecule has 0 atom stereocenters. The van der Waals surface area contributed by atoms with E-state index < -0.39 is 0 Å². The maximum atomic E-state index is 12.2. The molecular formula is C16H10N2O2. The summed E-state index contributed by atoms with van der Waals surface area (Å²) in [6.07, 6.45) is 3.59. The second-order valence-corrected chi connectivity index (χ2v) is 4.63. The molecule has 4 heteroatoms. The summed E-state index contributed by atoms with van der Waals surface area (Å²) >= 11 is 0. The van der Waals surface area contributed by atoms with Gasteiger partial charge in [0.1, 0.15) is 11.4 Å². The number of fused-ring (bicyclic) bond motifs is 2. The van der Waals surface area contributed by atoms with Gasteiger partial charge in [0.15, 0.2) is 5.76 Å². The van der Waals surface area contributed by atoms with Crippen molar-refractivity contribution >= 4 is 16.8 Å². The lowest BCUT2D eigenvalue weighted by Gasteiger charge is -2.04. The quantitative estimate of drug-likeness (QED) is 0.684. The van der Waals surface area contributed by atoms with Gasteiger partial charge in [-0.3, -0.25) is 4.79 Å². The number of carbonyl (C=O) groups is 1. The average Bonchev–Trinajstić information content (AvgIpc) is 3.01. The molecule has 0 radical (unpaired) electrons. The number of Topliss-reactive ketones (excluding diaryl/α,β-unsaturated/α-hetero) is 1. The number of hydrogen-bond acceptors (Lipinski definition) is 3. The molecule has 96 valence electrons. The number of pyridine rings is 1. The van der Waals surface area contributed by atoms with Gasteiger partial charge < -0.3 is 9.72 Å². The van der Waals surface area contributed by atoms with Crippen molar-refractivity contribution in [3.8, 4) is 16.9 Å². The summed E-state index contributed by atoms with van der Waals surface area (Å²) in [5.41, 5.74) is 3.15. The molecule has 0 amide bonds. The SMILES string of the molecule is C=C1Oc2cccc(-c3c[nH]c4ncccc34)c2C1=O. The zero-order chi connectivity index (χ0) is 13.7. The number of allylic oxidation sites excluding steroid dienone is 1. The fraction of sp³-hybridized carbons (Fsp3) is 0. The number of H-pyrrole nitrogens is 1. The zero-order valence-electron chi connectivity index (χ0n) is 10.5. The molecule has 20 heavy (non-hydrogen) atoms. The van der Waals surface area contributed by atoms with E-state index in [-0.39, 0.29) is 11.5 Å². The van der Waals surface area contributed by atoms with Gasteiger partial charge in [0.05, 0.1) is 5.56 Å². The fourth-order valence-corrected chi connectivity index (χ4v) is 2.57. The van der Waals surface area contributed by atoms with E-state index in [2.05, 4.69) is 16.5 Å². The molecule has 0 saturated heterocycles. The minimum atomic E-state index is -0.158. The van der Waals surface area contributed by atoms with E-state index in [4.69, 9.17) is 4.74 Å². The Bertz CT molecular complexity index is 877. The molecular weight excluding hydrogens is 252 g/mol. The van der Waals surface area contributed by atoms with E-state index in [0.717, 1.165) is 22.2 Å². The van der Waals surface area contributed by atoms with Crippen LogP contribution in [0.15, 0.2) is 55.1 Å². The van der Waals surface area contributed by atoms with Crippen molar-refractivity contribution < 1.29 is 9.53 Å². The Morgan fingerprint density at radius 3 is 2.95 bits per heavy atom. The highest BCUT2D eigenvalue weighted by Crippen LogP contribution is 2.39. The Morgan fingerprint density at radius 1 is 1.15 bits per heavy atom. The lowest BCUT2D eigenvalue weighted by Crippen LogP contribution is -1.97. The molecule has 3 heterocycles. The zero-order valence-corrected chi connectivity index (χ0v) is 10.5. The Kier molecular flexibility index (Phi) is 2.09. The smallest absolute Gasteiger partial charge is 0.231 e. The highest BCUT2D eigenvalue weighted by molar-refractivity contribution is 6.17. The largest absolute Gasteiger partial charge is 0.453 e. The molecule has 3 aromatic rings. The summed E-state index contributed by atoms with van der Waals surface area (Å²) in [5.74, 6) is 0.579. The summed E-state index contributed by atoms with van der Waals surface area (Å²) in [6.45, 7) is 3.64. The second-order valence-electron chi connectivity index (χ2n) is 4.63. The van der Waals surface area contributed by atoms with Crippen LogP contribution in [-0.4, -0.2) is 15.8 Å². The Morgan fingerprint density at radius 2 is 2.05 bits per heavy atom. The van der Waals surface area contributed by atoms with Crippen LogP contribution in [0.3, 0.4) is 0 Å². The third-order valence-corrected chi connectivity index (χ3v) is 3.48. The van der Waals surface area contributed by atoms with E-state index in [0.29, 0.717) is 11.3 Å². The van der Waals surface area contributed by atoms with Crippen LogP contribution in [0.5, 0.6) is 5.75 Å². The number of aromatic amines is 1. The van der Waals surface area contributed by atoms with Crippen LogP contribution >= 0.6 is 0 Å². The normalized spacial score (nSPS) is 13.6. The maximum absolute atomic E-state index is 12.2. The van der Waals surface area contributed by atoms with Crippen molar-refractivity contribution in [2.45, 2.75) is 0 Å². The monoisotopic (exact) mass is 262 g/mol. The van der Waals surface area contributed by atoms with Crippen LogP contribution in [0.4, 0.5) is 0 Å². The van der Waals surface area contributed by atoms with Crippen LogP contribution in [0.2, 0.25) is 0 Å². The van der Waals surface area contributed by atoms with Crippen molar-refractivity contribution in [2.75, 3.05) is 0 Å². The van der Waals surface area contributed by atoms with Gasteiger partial charge in [0.25, 0.3) is 0 Å². The summed E-state index contributed by atoms with van der Waals surface area (Å²) in [5, 5.41) is 0.978. The van der Waals surface area contributed by atoms with E-state index in [1.807, 2.05) is 30.5 Å². The van der Waals surface area contributed by atoms with E-state index in [9.17, 15) is 4.79 Å². The molecule has 1 aromatic carbocycles. The van der Waals surface area contributed by atoms with Crippen LogP contribution in [0, 0.1) is 0 Å². The summed E-state index contributed by atoms with van der Waals surface area (Å²) < 4.78 is 5.40. The fourth-order valence-electron chi connectivity index (χ4n) is 2.57. The number of aromatic nitrogens is 2. The molecule has 1 aliphatic rings. The number of nitrogens with one attached hydrogen (secondary N) is 1. The standard InChI is InChI=1S/C16H10N2O2/c1-9-15(19)14-10(4-2-6-13(14)20-9)12-8-18-16-11(12)5-3-7-17-16/h2-8H,1H2,(H,17,18). The predicted octanol–water partition coefficient (Wildman–Crippen LogP) is 3.32. The van der Waals surface area contributed by atoms with Crippen LogP contribution in [-0.2, 0) is 0 Å². The minimum absolute atomic E-state index is 0.158. The first-order chi connectivity index (χ1) is 9.75. The number of carbonyl (C=O) groups excluding carboxylic acids is 1. The number of ether oxygens (including phenoxy) is 1. The average molecular weight is 262 g/mol. The first kappa shape index (κ1) is 11.0. The molecule has 0 aliphatic carbocycles.